The van der Waals surface area contributed by atoms with E-state index in [1.54, 1.807) is 0 Å². The van der Waals surface area contributed by atoms with Crippen molar-refractivity contribution in [3.8, 4) is 0 Å². The maximum absolute atomic E-state index is 12.0. The number of aromatic nitrogens is 1. The molecule has 0 unspecified atom stereocenters. The molecule has 17 heavy (non-hydrogen) atoms. The normalized spacial score (nSPS) is 15.9. The highest BCUT2D eigenvalue weighted by atomic mass is 16.1. The van der Waals surface area contributed by atoms with Crippen LogP contribution in [-0.2, 0) is 0 Å². The van der Waals surface area contributed by atoms with Crippen molar-refractivity contribution in [3.63, 3.8) is 0 Å². The standard InChI is InChI=1S/C14H14N2O/c17-14-12(10-5-7-15-8-6-10)9-11-3-1-2-4-13(11)16-14/h1-5,9,15H,6-8H2,(H,16,17). The lowest BCUT2D eigenvalue weighted by atomic mass is 10.0. The third kappa shape index (κ3) is 1.89. The van der Waals surface area contributed by atoms with E-state index in [9.17, 15) is 4.79 Å². The van der Waals surface area contributed by atoms with Crippen molar-refractivity contribution < 1.29 is 0 Å². The lowest BCUT2D eigenvalue weighted by Gasteiger charge is -2.13. The Morgan fingerprint density at radius 3 is 2.88 bits per heavy atom. The molecule has 0 amide bonds. The highest BCUT2D eigenvalue weighted by molar-refractivity contribution is 5.82. The zero-order valence-corrected chi connectivity index (χ0v) is 9.49. The second kappa shape index (κ2) is 4.18. The van der Waals surface area contributed by atoms with Crippen LogP contribution in [0.3, 0.4) is 0 Å². The predicted octanol–water partition coefficient (Wildman–Crippen LogP) is 1.90. The molecule has 1 aromatic carbocycles. The number of H-pyrrole nitrogens is 1. The summed E-state index contributed by atoms with van der Waals surface area (Å²) in [6.07, 6.45) is 3.02. The van der Waals surface area contributed by atoms with Crippen LogP contribution in [0.2, 0.25) is 0 Å². The minimum absolute atomic E-state index is 0.0110. The van der Waals surface area contributed by atoms with Crippen LogP contribution < -0.4 is 10.9 Å². The summed E-state index contributed by atoms with van der Waals surface area (Å²) in [5, 5.41) is 4.34. The number of aromatic amines is 1. The quantitative estimate of drug-likeness (QED) is 0.780. The van der Waals surface area contributed by atoms with E-state index in [2.05, 4.69) is 16.4 Å². The fraction of sp³-hybridized carbons (Fsp3) is 0.214. The molecule has 0 spiro atoms. The smallest absolute Gasteiger partial charge is 0.255 e. The van der Waals surface area contributed by atoms with Gasteiger partial charge in [-0.1, -0.05) is 24.3 Å². The van der Waals surface area contributed by atoms with Crippen LogP contribution in [0.5, 0.6) is 0 Å². The summed E-state index contributed by atoms with van der Waals surface area (Å²) in [6.45, 7) is 1.79. The summed E-state index contributed by atoms with van der Waals surface area (Å²) in [4.78, 5) is 15.0. The van der Waals surface area contributed by atoms with Crippen molar-refractivity contribution in [3.05, 3.63) is 52.3 Å². The molecule has 0 saturated heterocycles. The average Bonchev–Trinajstić information content (AvgIpc) is 2.39. The number of hydrogen-bond acceptors (Lipinski definition) is 2. The van der Waals surface area contributed by atoms with Gasteiger partial charge in [0, 0.05) is 17.6 Å². The molecule has 0 saturated carbocycles. The number of benzene rings is 1. The number of nitrogens with one attached hydrogen (secondary N) is 2. The van der Waals surface area contributed by atoms with E-state index < -0.39 is 0 Å². The van der Waals surface area contributed by atoms with Crippen molar-refractivity contribution >= 4 is 16.5 Å². The fourth-order valence-corrected chi connectivity index (χ4v) is 2.25. The van der Waals surface area contributed by atoms with Crippen molar-refractivity contribution in [2.75, 3.05) is 13.1 Å². The highest BCUT2D eigenvalue weighted by Crippen LogP contribution is 2.19. The summed E-state index contributed by atoms with van der Waals surface area (Å²) in [7, 11) is 0. The van der Waals surface area contributed by atoms with E-state index >= 15 is 0 Å². The van der Waals surface area contributed by atoms with Crippen LogP contribution in [0.15, 0.2) is 41.2 Å². The number of pyridine rings is 1. The van der Waals surface area contributed by atoms with Gasteiger partial charge in [0.25, 0.3) is 5.56 Å². The molecule has 2 heterocycles. The topological polar surface area (TPSA) is 44.9 Å². The molecular formula is C14H14N2O. The van der Waals surface area contributed by atoms with Gasteiger partial charge in [-0.05, 0) is 36.1 Å². The van der Waals surface area contributed by atoms with Gasteiger partial charge >= 0.3 is 0 Å². The molecule has 86 valence electrons. The Hall–Kier alpha value is -1.87. The zero-order chi connectivity index (χ0) is 11.7. The minimum Gasteiger partial charge on any atom is -0.321 e. The number of rotatable bonds is 1. The third-order valence-corrected chi connectivity index (χ3v) is 3.16. The molecule has 2 N–H and O–H groups in total. The average molecular weight is 226 g/mol. The predicted molar refractivity (Wildman–Crippen MR) is 70.0 cm³/mol. The molecule has 0 radical (unpaired) electrons. The second-order valence-electron chi connectivity index (χ2n) is 4.28. The first kappa shape index (κ1) is 10.3. The Morgan fingerprint density at radius 2 is 2.06 bits per heavy atom. The Bertz CT molecular complexity index is 640. The maximum Gasteiger partial charge on any atom is 0.255 e. The molecule has 3 nitrogen and oxygen atoms in total. The Kier molecular flexibility index (Phi) is 2.53. The van der Waals surface area contributed by atoms with Crippen molar-refractivity contribution in [2.45, 2.75) is 6.42 Å². The van der Waals surface area contributed by atoms with Crippen LogP contribution in [0.1, 0.15) is 12.0 Å². The monoisotopic (exact) mass is 226 g/mol. The largest absolute Gasteiger partial charge is 0.321 e. The van der Waals surface area contributed by atoms with Gasteiger partial charge in [0.05, 0.1) is 0 Å². The van der Waals surface area contributed by atoms with Gasteiger partial charge in [0.2, 0.25) is 0 Å². The van der Waals surface area contributed by atoms with Gasteiger partial charge in [0.1, 0.15) is 0 Å². The first-order chi connectivity index (χ1) is 8.34. The third-order valence-electron chi connectivity index (χ3n) is 3.16. The lowest BCUT2D eigenvalue weighted by molar-refractivity contribution is 0.738. The SMILES string of the molecule is O=c1[nH]c2ccccc2cc1C1=CCNCC1. The van der Waals surface area contributed by atoms with Crippen molar-refractivity contribution in [1.82, 2.24) is 10.3 Å². The zero-order valence-electron chi connectivity index (χ0n) is 9.49. The Balaban J connectivity index is 2.19. The fourth-order valence-electron chi connectivity index (χ4n) is 2.25. The molecule has 3 heteroatoms. The highest BCUT2D eigenvalue weighted by Gasteiger charge is 2.10. The second-order valence-corrected chi connectivity index (χ2v) is 4.28. The minimum atomic E-state index is 0.0110. The van der Waals surface area contributed by atoms with Gasteiger partial charge in [0.15, 0.2) is 0 Å². The maximum atomic E-state index is 12.0. The Labute approximate surface area is 99.2 Å². The molecular weight excluding hydrogens is 212 g/mol. The molecule has 0 bridgehead atoms. The first-order valence-corrected chi connectivity index (χ1v) is 5.87. The summed E-state index contributed by atoms with van der Waals surface area (Å²) < 4.78 is 0. The van der Waals surface area contributed by atoms with Crippen LogP contribution in [0.4, 0.5) is 0 Å². The van der Waals surface area contributed by atoms with Crippen LogP contribution in [0, 0.1) is 0 Å². The van der Waals surface area contributed by atoms with E-state index in [0.717, 1.165) is 41.5 Å². The molecule has 0 fully saturated rings. The van der Waals surface area contributed by atoms with E-state index in [4.69, 9.17) is 0 Å². The number of para-hydroxylation sites is 1. The Morgan fingerprint density at radius 1 is 1.18 bits per heavy atom. The molecule has 2 aromatic rings. The van der Waals surface area contributed by atoms with E-state index in [-0.39, 0.29) is 5.56 Å². The van der Waals surface area contributed by atoms with E-state index in [0.29, 0.717) is 0 Å². The van der Waals surface area contributed by atoms with E-state index in [1.165, 1.54) is 0 Å². The van der Waals surface area contributed by atoms with Gasteiger partial charge in [-0.15, -0.1) is 0 Å². The number of fused-ring (bicyclic) bond motifs is 1. The van der Waals surface area contributed by atoms with Crippen LogP contribution in [0.25, 0.3) is 16.5 Å². The summed E-state index contributed by atoms with van der Waals surface area (Å²) in [5.74, 6) is 0. The van der Waals surface area contributed by atoms with Crippen molar-refractivity contribution in [2.24, 2.45) is 0 Å². The van der Waals surface area contributed by atoms with Crippen LogP contribution >= 0.6 is 0 Å². The van der Waals surface area contributed by atoms with Crippen LogP contribution in [-0.4, -0.2) is 18.1 Å². The summed E-state index contributed by atoms with van der Waals surface area (Å²) >= 11 is 0. The van der Waals surface area contributed by atoms with Gasteiger partial charge in [-0.3, -0.25) is 4.79 Å². The lowest BCUT2D eigenvalue weighted by Crippen LogP contribution is -2.22. The number of hydrogen-bond donors (Lipinski definition) is 2. The van der Waals surface area contributed by atoms with Gasteiger partial charge in [-0.2, -0.15) is 0 Å². The molecule has 1 aromatic heterocycles. The van der Waals surface area contributed by atoms with Gasteiger partial charge in [-0.25, -0.2) is 0 Å². The molecule has 3 rings (SSSR count). The van der Waals surface area contributed by atoms with E-state index in [1.807, 2.05) is 30.3 Å². The molecule has 0 aliphatic carbocycles. The summed E-state index contributed by atoms with van der Waals surface area (Å²) in [5.41, 5.74) is 2.87. The molecule has 1 aliphatic rings. The molecule has 0 atom stereocenters. The van der Waals surface area contributed by atoms with Gasteiger partial charge < -0.3 is 10.3 Å². The molecule has 1 aliphatic heterocycles. The first-order valence-electron chi connectivity index (χ1n) is 5.87. The van der Waals surface area contributed by atoms with Crippen molar-refractivity contribution in [1.29, 1.82) is 0 Å². The summed E-state index contributed by atoms with van der Waals surface area (Å²) in [6, 6.07) is 9.86.